The van der Waals surface area contributed by atoms with E-state index in [1.165, 1.54) is 0 Å². The third-order valence-electron chi connectivity index (χ3n) is 3.57. The molecule has 3 nitrogen and oxygen atoms in total. The lowest BCUT2D eigenvalue weighted by Crippen LogP contribution is -2.30. The highest BCUT2D eigenvalue weighted by Gasteiger charge is 2.24. The van der Waals surface area contributed by atoms with Crippen molar-refractivity contribution in [3.8, 4) is 0 Å². The molecule has 0 aliphatic carbocycles. The van der Waals surface area contributed by atoms with E-state index in [0.717, 1.165) is 12.8 Å². The van der Waals surface area contributed by atoms with Crippen molar-refractivity contribution in [2.24, 2.45) is 5.92 Å². The number of aryl methyl sites for hydroxylation is 1. The lowest BCUT2D eigenvalue weighted by Gasteiger charge is -2.17. The summed E-state index contributed by atoms with van der Waals surface area (Å²) in [5, 5.41) is 0.652. The summed E-state index contributed by atoms with van der Waals surface area (Å²) in [6, 6.07) is 1.68. The second-order valence-electron chi connectivity index (χ2n) is 4.98. The van der Waals surface area contributed by atoms with Crippen molar-refractivity contribution in [3.63, 3.8) is 0 Å². The van der Waals surface area contributed by atoms with Crippen LogP contribution in [0.5, 0.6) is 0 Å². The molecular weight excluding hydrogens is 317 g/mol. The highest BCUT2D eigenvalue weighted by molar-refractivity contribution is 7.89. The van der Waals surface area contributed by atoms with E-state index >= 15 is 0 Å². The maximum atomic E-state index is 12.5. The fourth-order valence-electron chi connectivity index (χ4n) is 2.01. The lowest BCUT2D eigenvalue weighted by molar-refractivity contribution is 0.479. The van der Waals surface area contributed by atoms with Gasteiger partial charge >= 0.3 is 0 Å². The third-order valence-corrected chi connectivity index (χ3v) is 6.16. The summed E-state index contributed by atoms with van der Waals surface area (Å²) in [5.41, 5.74) is 1.14. The fourth-order valence-corrected chi connectivity index (χ4v) is 4.34. The van der Waals surface area contributed by atoms with Gasteiger partial charge in [0.15, 0.2) is 0 Å². The molecule has 0 unspecified atom stereocenters. The zero-order chi connectivity index (χ0) is 15.5. The average Bonchev–Trinajstić information content (AvgIpc) is 2.37. The van der Waals surface area contributed by atoms with Crippen LogP contribution in [0.2, 0.25) is 10.0 Å². The molecule has 0 aromatic heterocycles. The fraction of sp³-hybridized carbons (Fsp3) is 0.571. The minimum atomic E-state index is -3.65. The molecule has 0 amide bonds. The van der Waals surface area contributed by atoms with E-state index in [1.807, 2.05) is 13.8 Å². The lowest BCUT2D eigenvalue weighted by atomic mass is 10.0. The maximum Gasteiger partial charge on any atom is 0.242 e. The molecule has 0 saturated carbocycles. The van der Waals surface area contributed by atoms with Gasteiger partial charge in [0.2, 0.25) is 10.0 Å². The quantitative estimate of drug-likeness (QED) is 0.839. The van der Waals surface area contributed by atoms with E-state index in [0.29, 0.717) is 28.6 Å². The number of benzene rings is 1. The summed E-state index contributed by atoms with van der Waals surface area (Å²) in [4.78, 5) is 0.0927. The molecule has 1 rings (SSSR count). The Labute approximate surface area is 131 Å². The van der Waals surface area contributed by atoms with Gasteiger partial charge in [-0.25, -0.2) is 13.1 Å². The molecule has 1 aromatic rings. The number of rotatable bonds is 6. The van der Waals surface area contributed by atoms with Gasteiger partial charge < -0.3 is 0 Å². The summed E-state index contributed by atoms with van der Waals surface area (Å²) >= 11 is 12.2. The number of nitrogens with one attached hydrogen (secondary N) is 1. The van der Waals surface area contributed by atoms with E-state index < -0.39 is 10.0 Å². The van der Waals surface area contributed by atoms with Crippen LogP contribution < -0.4 is 4.72 Å². The standard InChI is InChI=1S/C14H21Cl2NO2S/c1-5-11(6-2)8-17-20(18,19)14-10(4)12(15)7-9(3)13(14)16/h7,11,17H,5-6,8H2,1-4H3. The highest BCUT2D eigenvalue weighted by atomic mass is 35.5. The Kier molecular flexibility index (Phi) is 6.32. The topological polar surface area (TPSA) is 46.2 Å². The van der Waals surface area contributed by atoms with Gasteiger partial charge in [0.25, 0.3) is 0 Å². The molecule has 0 atom stereocenters. The van der Waals surface area contributed by atoms with Gasteiger partial charge in [-0.1, -0.05) is 49.9 Å². The number of hydrogen-bond donors (Lipinski definition) is 1. The Hall–Kier alpha value is -0.290. The van der Waals surface area contributed by atoms with Crippen LogP contribution in [0.1, 0.15) is 37.8 Å². The van der Waals surface area contributed by atoms with Crippen LogP contribution in [0.25, 0.3) is 0 Å². The molecule has 0 spiro atoms. The molecule has 0 bridgehead atoms. The minimum absolute atomic E-state index is 0.0927. The molecule has 1 N–H and O–H groups in total. The molecule has 0 aliphatic rings. The van der Waals surface area contributed by atoms with Crippen LogP contribution in [0, 0.1) is 19.8 Å². The van der Waals surface area contributed by atoms with Crippen molar-refractivity contribution in [1.29, 1.82) is 0 Å². The monoisotopic (exact) mass is 337 g/mol. The Morgan fingerprint density at radius 3 is 2.25 bits per heavy atom. The minimum Gasteiger partial charge on any atom is -0.211 e. The molecule has 0 radical (unpaired) electrons. The normalized spacial score (nSPS) is 12.2. The summed E-state index contributed by atoms with van der Waals surface area (Å²) in [6.45, 7) is 7.91. The van der Waals surface area contributed by atoms with Gasteiger partial charge in [-0.3, -0.25) is 0 Å². The summed E-state index contributed by atoms with van der Waals surface area (Å²) < 4.78 is 27.6. The van der Waals surface area contributed by atoms with E-state index in [9.17, 15) is 8.42 Å². The first-order valence-electron chi connectivity index (χ1n) is 6.69. The van der Waals surface area contributed by atoms with Gasteiger partial charge in [-0.05, 0) is 37.0 Å². The molecular formula is C14H21Cl2NO2S. The molecule has 0 aliphatic heterocycles. The number of sulfonamides is 1. The van der Waals surface area contributed by atoms with Crippen LogP contribution in [0.3, 0.4) is 0 Å². The van der Waals surface area contributed by atoms with E-state index in [2.05, 4.69) is 4.72 Å². The van der Waals surface area contributed by atoms with Crippen LogP contribution in [0.15, 0.2) is 11.0 Å². The second-order valence-corrected chi connectivity index (χ2v) is 7.47. The molecule has 1 aromatic carbocycles. The Bertz CT molecular complexity index is 555. The maximum absolute atomic E-state index is 12.5. The molecule has 6 heteroatoms. The first-order valence-corrected chi connectivity index (χ1v) is 8.93. The van der Waals surface area contributed by atoms with Gasteiger partial charge in [0, 0.05) is 11.6 Å². The van der Waals surface area contributed by atoms with Gasteiger partial charge in [-0.2, -0.15) is 0 Å². The SMILES string of the molecule is CCC(CC)CNS(=O)(=O)c1c(C)c(Cl)cc(C)c1Cl. The van der Waals surface area contributed by atoms with Crippen LogP contribution in [-0.4, -0.2) is 15.0 Å². The highest BCUT2D eigenvalue weighted by Crippen LogP contribution is 2.33. The van der Waals surface area contributed by atoms with Crippen molar-refractivity contribution in [1.82, 2.24) is 4.72 Å². The smallest absolute Gasteiger partial charge is 0.211 e. The summed E-state index contributed by atoms with van der Waals surface area (Å²) in [5.74, 6) is 0.323. The molecule has 0 heterocycles. The van der Waals surface area contributed by atoms with Gasteiger partial charge in [0.1, 0.15) is 4.90 Å². The number of hydrogen-bond acceptors (Lipinski definition) is 2. The predicted molar refractivity (Wildman–Crippen MR) is 85.2 cm³/mol. The first kappa shape index (κ1) is 17.8. The van der Waals surface area contributed by atoms with Crippen molar-refractivity contribution in [2.75, 3.05) is 6.54 Å². The van der Waals surface area contributed by atoms with Crippen molar-refractivity contribution in [3.05, 3.63) is 27.2 Å². The number of halogens is 2. The van der Waals surface area contributed by atoms with E-state index in [4.69, 9.17) is 23.2 Å². The van der Waals surface area contributed by atoms with E-state index in [-0.39, 0.29) is 9.92 Å². The Morgan fingerprint density at radius 1 is 1.20 bits per heavy atom. The molecule has 114 valence electrons. The van der Waals surface area contributed by atoms with Crippen molar-refractivity contribution < 1.29 is 8.42 Å². The van der Waals surface area contributed by atoms with E-state index in [1.54, 1.807) is 19.9 Å². The largest absolute Gasteiger partial charge is 0.242 e. The molecule has 20 heavy (non-hydrogen) atoms. The molecule has 0 saturated heterocycles. The summed E-state index contributed by atoms with van der Waals surface area (Å²) in [6.07, 6.45) is 1.86. The predicted octanol–water partition coefficient (Wildman–Crippen LogP) is 4.32. The van der Waals surface area contributed by atoms with Crippen molar-refractivity contribution in [2.45, 2.75) is 45.4 Å². The van der Waals surface area contributed by atoms with Gasteiger partial charge in [0.05, 0.1) is 5.02 Å². The zero-order valence-corrected chi connectivity index (χ0v) is 14.6. The van der Waals surface area contributed by atoms with Crippen LogP contribution in [0.4, 0.5) is 0 Å². The zero-order valence-electron chi connectivity index (χ0n) is 12.3. The van der Waals surface area contributed by atoms with Crippen LogP contribution >= 0.6 is 23.2 Å². The Balaban J connectivity index is 3.16. The third kappa shape index (κ3) is 3.88. The Morgan fingerprint density at radius 2 is 1.75 bits per heavy atom. The average molecular weight is 338 g/mol. The summed E-state index contributed by atoms with van der Waals surface area (Å²) in [7, 11) is -3.65. The first-order chi connectivity index (χ1) is 9.24. The van der Waals surface area contributed by atoms with Gasteiger partial charge in [-0.15, -0.1) is 0 Å². The van der Waals surface area contributed by atoms with Crippen LogP contribution in [-0.2, 0) is 10.0 Å². The molecule has 0 fully saturated rings. The van der Waals surface area contributed by atoms with Crippen molar-refractivity contribution >= 4 is 33.2 Å². The second kappa shape index (κ2) is 7.12.